The Morgan fingerprint density at radius 3 is 2.18 bits per heavy atom. The van der Waals surface area contributed by atoms with Crippen LogP contribution < -0.4 is 11.2 Å². The standard InChI is InChI=1S/C11H16N4O2/c1-6(2)8-7-9(12-15(8)5)13(3)11(17)14(4)10(7)16/h6H,1-5H3. The van der Waals surface area contributed by atoms with Crippen molar-refractivity contribution in [2.75, 3.05) is 0 Å². The van der Waals surface area contributed by atoms with Crippen molar-refractivity contribution in [3.8, 4) is 0 Å². The molecule has 0 saturated carbocycles. The Kier molecular flexibility index (Phi) is 2.45. The average molecular weight is 236 g/mol. The van der Waals surface area contributed by atoms with E-state index >= 15 is 0 Å². The normalized spacial score (nSPS) is 11.6. The minimum Gasteiger partial charge on any atom is -0.279 e. The Morgan fingerprint density at radius 1 is 1.06 bits per heavy atom. The summed E-state index contributed by atoms with van der Waals surface area (Å²) in [6, 6.07) is 0. The molecule has 0 amide bonds. The maximum atomic E-state index is 12.1. The lowest BCUT2D eigenvalue weighted by atomic mass is 10.1. The molecule has 17 heavy (non-hydrogen) atoms. The molecule has 2 aromatic heterocycles. The lowest BCUT2D eigenvalue weighted by molar-refractivity contribution is 0.669. The molecule has 0 aliphatic heterocycles. The van der Waals surface area contributed by atoms with Crippen molar-refractivity contribution in [2.45, 2.75) is 19.8 Å². The van der Waals surface area contributed by atoms with Gasteiger partial charge in [0.25, 0.3) is 5.56 Å². The maximum absolute atomic E-state index is 12.1. The molecule has 2 aromatic rings. The van der Waals surface area contributed by atoms with Gasteiger partial charge in [-0.15, -0.1) is 0 Å². The monoisotopic (exact) mass is 236 g/mol. The van der Waals surface area contributed by atoms with Crippen LogP contribution in [0.5, 0.6) is 0 Å². The van der Waals surface area contributed by atoms with Gasteiger partial charge in [-0.3, -0.25) is 18.6 Å². The van der Waals surface area contributed by atoms with Crippen LogP contribution >= 0.6 is 0 Å². The van der Waals surface area contributed by atoms with Crippen molar-refractivity contribution in [3.05, 3.63) is 26.5 Å². The summed E-state index contributed by atoms with van der Waals surface area (Å²) in [5, 5.41) is 4.80. The molecule has 0 spiro atoms. The largest absolute Gasteiger partial charge is 0.332 e. The van der Waals surface area contributed by atoms with Gasteiger partial charge in [-0.05, 0) is 5.92 Å². The predicted octanol–water partition coefficient (Wildman–Crippen LogP) is 0.0941. The number of fused-ring (bicyclic) bond motifs is 1. The van der Waals surface area contributed by atoms with Gasteiger partial charge in [-0.1, -0.05) is 13.8 Å². The Balaban J connectivity index is 3.13. The third-order valence-corrected chi connectivity index (χ3v) is 3.03. The van der Waals surface area contributed by atoms with Crippen LogP contribution in [0.2, 0.25) is 0 Å². The van der Waals surface area contributed by atoms with Crippen molar-refractivity contribution in [2.24, 2.45) is 21.1 Å². The highest BCUT2D eigenvalue weighted by molar-refractivity contribution is 5.77. The highest BCUT2D eigenvalue weighted by atomic mass is 16.2. The van der Waals surface area contributed by atoms with E-state index in [1.165, 1.54) is 11.6 Å². The predicted molar refractivity (Wildman–Crippen MR) is 65.3 cm³/mol. The van der Waals surface area contributed by atoms with Crippen LogP contribution in [-0.2, 0) is 21.1 Å². The Morgan fingerprint density at radius 2 is 1.65 bits per heavy atom. The van der Waals surface area contributed by atoms with Crippen LogP contribution in [0.3, 0.4) is 0 Å². The third-order valence-electron chi connectivity index (χ3n) is 3.03. The van der Waals surface area contributed by atoms with Crippen molar-refractivity contribution < 1.29 is 0 Å². The Bertz CT molecular complexity index is 703. The zero-order valence-electron chi connectivity index (χ0n) is 10.7. The number of nitrogens with zero attached hydrogens (tertiary/aromatic N) is 4. The van der Waals surface area contributed by atoms with Gasteiger partial charge in [0.05, 0.1) is 5.69 Å². The zero-order valence-corrected chi connectivity index (χ0v) is 10.7. The van der Waals surface area contributed by atoms with E-state index in [2.05, 4.69) is 5.10 Å². The van der Waals surface area contributed by atoms with Gasteiger partial charge in [0.1, 0.15) is 5.39 Å². The van der Waals surface area contributed by atoms with E-state index < -0.39 is 0 Å². The minimum absolute atomic E-state index is 0.176. The summed E-state index contributed by atoms with van der Waals surface area (Å²) in [6.07, 6.45) is 0. The molecule has 0 aromatic carbocycles. The summed E-state index contributed by atoms with van der Waals surface area (Å²) < 4.78 is 4.20. The van der Waals surface area contributed by atoms with Crippen molar-refractivity contribution in [3.63, 3.8) is 0 Å². The minimum atomic E-state index is -0.351. The maximum Gasteiger partial charge on any atom is 0.332 e. The molecule has 0 N–H and O–H groups in total. The van der Waals surface area contributed by atoms with Gasteiger partial charge in [0, 0.05) is 21.1 Å². The second-order valence-corrected chi connectivity index (χ2v) is 4.57. The molecule has 0 atom stereocenters. The van der Waals surface area contributed by atoms with Crippen LogP contribution in [0.15, 0.2) is 9.59 Å². The summed E-state index contributed by atoms with van der Waals surface area (Å²) >= 11 is 0. The van der Waals surface area contributed by atoms with Gasteiger partial charge in [0.2, 0.25) is 0 Å². The van der Waals surface area contributed by atoms with Gasteiger partial charge in [-0.2, -0.15) is 5.10 Å². The molecule has 0 unspecified atom stereocenters. The molecule has 0 radical (unpaired) electrons. The van der Waals surface area contributed by atoms with Gasteiger partial charge >= 0.3 is 5.69 Å². The lowest BCUT2D eigenvalue weighted by Gasteiger charge is -2.06. The fraction of sp³-hybridized carbons (Fsp3) is 0.545. The Hall–Kier alpha value is -1.85. The molecule has 2 heterocycles. The highest BCUT2D eigenvalue weighted by Gasteiger charge is 2.19. The average Bonchev–Trinajstić information content (AvgIpc) is 2.61. The second kappa shape index (κ2) is 3.58. The second-order valence-electron chi connectivity index (χ2n) is 4.57. The first-order valence-corrected chi connectivity index (χ1v) is 5.48. The first kappa shape index (κ1) is 11.6. The molecule has 2 rings (SSSR count). The molecular formula is C11H16N4O2. The molecular weight excluding hydrogens is 220 g/mol. The van der Waals surface area contributed by atoms with Crippen LogP contribution in [0.25, 0.3) is 11.0 Å². The smallest absolute Gasteiger partial charge is 0.279 e. The first-order chi connectivity index (χ1) is 7.86. The summed E-state index contributed by atoms with van der Waals surface area (Å²) in [5.74, 6) is 0.176. The van der Waals surface area contributed by atoms with E-state index in [4.69, 9.17) is 0 Å². The zero-order chi connectivity index (χ0) is 12.9. The fourth-order valence-corrected chi connectivity index (χ4v) is 2.19. The van der Waals surface area contributed by atoms with E-state index in [9.17, 15) is 9.59 Å². The molecule has 0 saturated heterocycles. The Labute approximate surface area is 98.1 Å². The quantitative estimate of drug-likeness (QED) is 0.705. The van der Waals surface area contributed by atoms with Crippen LogP contribution in [0.1, 0.15) is 25.5 Å². The number of hydrogen-bond acceptors (Lipinski definition) is 3. The number of aromatic nitrogens is 4. The molecule has 6 heteroatoms. The molecule has 6 nitrogen and oxygen atoms in total. The van der Waals surface area contributed by atoms with Gasteiger partial charge in [-0.25, -0.2) is 4.79 Å². The van der Waals surface area contributed by atoms with Gasteiger partial charge in [0.15, 0.2) is 5.65 Å². The highest BCUT2D eigenvalue weighted by Crippen LogP contribution is 2.20. The van der Waals surface area contributed by atoms with Gasteiger partial charge < -0.3 is 0 Å². The topological polar surface area (TPSA) is 61.8 Å². The fourth-order valence-electron chi connectivity index (χ4n) is 2.19. The molecule has 0 bridgehead atoms. The van der Waals surface area contributed by atoms with Crippen molar-refractivity contribution in [1.82, 2.24) is 18.9 Å². The SMILES string of the molecule is CC(C)c1c2c(=O)n(C)c(=O)n(C)c2nn1C. The van der Waals surface area contributed by atoms with Crippen LogP contribution in [0, 0.1) is 0 Å². The summed E-state index contributed by atoms with van der Waals surface area (Å²) in [5.41, 5.74) is 0.677. The van der Waals surface area contributed by atoms with E-state index in [1.807, 2.05) is 13.8 Å². The van der Waals surface area contributed by atoms with Crippen molar-refractivity contribution >= 4 is 11.0 Å². The third kappa shape index (κ3) is 1.44. The number of aryl methyl sites for hydroxylation is 2. The van der Waals surface area contributed by atoms with Crippen LogP contribution in [0.4, 0.5) is 0 Å². The van der Waals surface area contributed by atoms with Crippen LogP contribution in [-0.4, -0.2) is 18.9 Å². The van der Waals surface area contributed by atoms with E-state index in [0.717, 1.165) is 10.3 Å². The lowest BCUT2D eigenvalue weighted by Crippen LogP contribution is -2.37. The molecule has 92 valence electrons. The first-order valence-electron chi connectivity index (χ1n) is 5.48. The molecule has 0 aliphatic carbocycles. The van der Waals surface area contributed by atoms with Crippen molar-refractivity contribution in [1.29, 1.82) is 0 Å². The molecule has 0 aliphatic rings. The van der Waals surface area contributed by atoms with E-state index in [1.54, 1.807) is 18.8 Å². The number of hydrogen-bond donors (Lipinski definition) is 0. The summed E-state index contributed by atoms with van der Waals surface area (Å²) in [7, 11) is 4.90. The number of rotatable bonds is 1. The van der Waals surface area contributed by atoms with E-state index in [-0.39, 0.29) is 17.2 Å². The summed E-state index contributed by atoms with van der Waals surface area (Å²) in [6.45, 7) is 4.00. The summed E-state index contributed by atoms with van der Waals surface area (Å²) in [4.78, 5) is 23.9. The molecule has 0 fully saturated rings. The van der Waals surface area contributed by atoms with E-state index in [0.29, 0.717) is 11.0 Å².